The van der Waals surface area contributed by atoms with E-state index in [9.17, 15) is 13.5 Å². The lowest BCUT2D eigenvalue weighted by Crippen LogP contribution is -2.13. The summed E-state index contributed by atoms with van der Waals surface area (Å²) in [7, 11) is -3.00. The fraction of sp³-hybridized carbons (Fsp3) is 0.538. The quantitative estimate of drug-likeness (QED) is 0.900. The molecule has 0 unspecified atom stereocenters. The number of aryl methyl sites for hydroxylation is 1. The highest BCUT2D eigenvalue weighted by Crippen LogP contribution is 2.32. The molecule has 1 aliphatic carbocycles. The number of rotatable bonds is 4. The first-order valence-corrected chi connectivity index (χ1v) is 8.13. The van der Waals surface area contributed by atoms with Crippen molar-refractivity contribution in [2.24, 2.45) is 0 Å². The van der Waals surface area contributed by atoms with Gasteiger partial charge in [-0.3, -0.25) is 0 Å². The number of sulfone groups is 1. The van der Waals surface area contributed by atoms with Gasteiger partial charge in [0.05, 0.1) is 11.9 Å². The third-order valence-corrected chi connectivity index (χ3v) is 4.03. The third-order valence-electron chi connectivity index (χ3n) is 3.12. The third kappa shape index (κ3) is 3.46. The monoisotopic (exact) mass is 270 g/mol. The normalized spacial score (nSPS) is 19.3. The molecule has 0 fully saturated rings. The van der Waals surface area contributed by atoms with Crippen molar-refractivity contribution in [2.75, 3.05) is 18.6 Å². The molecule has 0 aromatic heterocycles. The summed E-state index contributed by atoms with van der Waals surface area (Å²) in [5.74, 6) is 0.630. The van der Waals surface area contributed by atoms with Crippen molar-refractivity contribution in [3.05, 3.63) is 29.3 Å². The van der Waals surface area contributed by atoms with E-state index in [-0.39, 0.29) is 12.4 Å². The second-order valence-electron chi connectivity index (χ2n) is 4.75. The van der Waals surface area contributed by atoms with Gasteiger partial charge < -0.3 is 9.84 Å². The van der Waals surface area contributed by atoms with E-state index < -0.39 is 15.9 Å². The van der Waals surface area contributed by atoms with Crippen molar-refractivity contribution in [1.82, 2.24) is 0 Å². The van der Waals surface area contributed by atoms with Crippen LogP contribution < -0.4 is 4.74 Å². The Labute approximate surface area is 108 Å². The zero-order valence-corrected chi connectivity index (χ0v) is 11.2. The number of ether oxygens (including phenoxy) is 1. The summed E-state index contributed by atoms with van der Waals surface area (Å²) in [6.07, 6.45) is 3.53. The lowest BCUT2D eigenvalue weighted by atomic mass is 9.89. The van der Waals surface area contributed by atoms with Crippen LogP contribution in [-0.2, 0) is 16.3 Å². The van der Waals surface area contributed by atoms with Gasteiger partial charge >= 0.3 is 0 Å². The molecular weight excluding hydrogens is 252 g/mol. The Hall–Kier alpha value is -1.07. The van der Waals surface area contributed by atoms with Crippen molar-refractivity contribution < 1.29 is 18.3 Å². The Balaban J connectivity index is 2.04. The van der Waals surface area contributed by atoms with Crippen LogP contribution in [0.5, 0.6) is 5.75 Å². The molecule has 1 aliphatic rings. The highest BCUT2D eigenvalue weighted by atomic mass is 32.2. The van der Waals surface area contributed by atoms with E-state index in [1.165, 1.54) is 6.26 Å². The fourth-order valence-electron chi connectivity index (χ4n) is 2.15. The minimum Gasteiger partial charge on any atom is -0.493 e. The molecule has 18 heavy (non-hydrogen) atoms. The maximum Gasteiger partial charge on any atom is 0.150 e. The molecule has 1 aromatic rings. The molecule has 0 bridgehead atoms. The van der Waals surface area contributed by atoms with Crippen LogP contribution in [0, 0.1) is 0 Å². The Morgan fingerprint density at radius 2 is 2.22 bits per heavy atom. The molecular formula is C13H18O4S. The summed E-state index contributed by atoms with van der Waals surface area (Å²) in [4.78, 5) is 0. The van der Waals surface area contributed by atoms with E-state index in [2.05, 4.69) is 0 Å². The van der Waals surface area contributed by atoms with Crippen molar-refractivity contribution in [1.29, 1.82) is 0 Å². The topological polar surface area (TPSA) is 63.6 Å². The molecule has 0 amide bonds. The minimum atomic E-state index is -3.00. The van der Waals surface area contributed by atoms with Gasteiger partial charge in [-0.05, 0) is 42.5 Å². The van der Waals surface area contributed by atoms with E-state index in [4.69, 9.17) is 4.74 Å². The average molecular weight is 270 g/mol. The van der Waals surface area contributed by atoms with Crippen LogP contribution in [0.25, 0.3) is 0 Å². The maximum atomic E-state index is 11.0. The van der Waals surface area contributed by atoms with Crippen molar-refractivity contribution in [3.8, 4) is 5.75 Å². The zero-order chi connectivity index (χ0) is 13.2. The highest BCUT2D eigenvalue weighted by Gasteiger charge is 2.18. The lowest BCUT2D eigenvalue weighted by molar-refractivity contribution is 0.156. The predicted octanol–water partition coefficient (Wildman–Crippen LogP) is 1.48. The summed E-state index contributed by atoms with van der Waals surface area (Å²) in [6.45, 7) is 0.147. The smallest absolute Gasteiger partial charge is 0.150 e. The number of benzene rings is 1. The molecule has 1 N–H and O–H groups in total. The summed E-state index contributed by atoms with van der Waals surface area (Å²) in [5, 5.41) is 9.89. The molecule has 0 aliphatic heterocycles. The molecule has 4 nitrogen and oxygen atoms in total. The van der Waals surface area contributed by atoms with Gasteiger partial charge in [-0.1, -0.05) is 6.07 Å². The summed E-state index contributed by atoms with van der Waals surface area (Å²) in [6, 6.07) is 5.61. The average Bonchev–Trinajstić information content (AvgIpc) is 2.28. The van der Waals surface area contributed by atoms with E-state index in [1.54, 1.807) is 0 Å². The van der Waals surface area contributed by atoms with Crippen LogP contribution >= 0.6 is 0 Å². The summed E-state index contributed by atoms with van der Waals surface area (Å²) in [5.41, 5.74) is 2.07. The van der Waals surface area contributed by atoms with Crippen molar-refractivity contribution >= 4 is 9.84 Å². The van der Waals surface area contributed by atoms with Gasteiger partial charge in [0.25, 0.3) is 0 Å². The molecule has 0 saturated heterocycles. The van der Waals surface area contributed by atoms with Gasteiger partial charge in [-0.15, -0.1) is 0 Å². The van der Waals surface area contributed by atoms with Gasteiger partial charge in [0.2, 0.25) is 0 Å². The summed E-state index contributed by atoms with van der Waals surface area (Å²) >= 11 is 0. The zero-order valence-electron chi connectivity index (χ0n) is 10.4. The lowest BCUT2D eigenvalue weighted by Gasteiger charge is -2.21. The second kappa shape index (κ2) is 5.28. The number of aliphatic hydroxyl groups excluding tert-OH is 1. The van der Waals surface area contributed by atoms with Gasteiger partial charge in [-0.25, -0.2) is 8.42 Å². The predicted molar refractivity (Wildman–Crippen MR) is 69.5 cm³/mol. The van der Waals surface area contributed by atoms with E-state index >= 15 is 0 Å². The molecule has 0 radical (unpaired) electrons. The van der Waals surface area contributed by atoms with Gasteiger partial charge in [-0.2, -0.15) is 0 Å². The Bertz CT molecular complexity index is 522. The van der Waals surface area contributed by atoms with E-state index in [1.807, 2.05) is 18.2 Å². The van der Waals surface area contributed by atoms with Crippen molar-refractivity contribution in [3.63, 3.8) is 0 Å². The maximum absolute atomic E-state index is 11.0. The minimum absolute atomic E-state index is 0.00659. The Morgan fingerprint density at radius 3 is 2.94 bits per heavy atom. The molecule has 5 heteroatoms. The van der Waals surface area contributed by atoms with Gasteiger partial charge in [0, 0.05) is 6.26 Å². The molecule has 1 aromatic carbocycles. The van der Waals surface area contributed by atoms with Crippen LogP contribution in [0.4, 0.5) is 0 Å². The fourth-order valence-corrected chi connectivity index (χ4v) is 2.54. The van der Waals surface area contributed by atoms with E-state index in [0.717, 1.165) is 30.4 Å². The van der Waals surface area contributed by atoms with Crippen LogP contribution in [0.3, 0.4) is 0 Å². The number of hydrogen-bond donors (Lipinski definition) is 1. The van der Waals surface area contributed by atoms with E-state index in [0.29, 0.717) is 5.75 Å². The molecule has 2 rings (SSSR count). The number of hydrogen-bond acceptors (Lipinski definition) is 4. The Morgan fingerprint density at radius 1 is 1.44 bits per heavy atom. The Kier molecular flexibility index (Phi) is 3.92. The number of aliphatic hydroxyl groups is 1. The SMILES string of the molecule is CS(=O)(=O)CCOc1ccc2c(c1)[C@H](O)CCC2. The standard InChI is InChI=1S/C13H18O4S/c1-18(15,16)8-7-17-11-6-5-10-3-2-4-13(14)12(10)9-11/h5-6,9,13-14H,2-4,7-8H2,1H3/t13-/m1/s1. The summed E-state index contributed by atoms with van der Waals surface area (Å²) < 4.78 is 27.4. The van der Waals surface area contributed by atoms with Crippen LogP contribution in [0.1, 0.15) is 30.1 Å². The first-order chi connectivity index (χ1) is 8.46. The number of fused-ring (bicyclic) bond motifs is 1. The second-order valence-corrected chi connectivity index (χ2v) is 7.01. The first-order valence-electron chi connectivity index (χ1n) is 6.07. The van der Waals surface area contributed by atoms with Crippen LogP contribution in [0.2, 0.25) is 0 Å². The largest absolute Gasteiger partial charge is 0.493 e. The molecule has 100 valence electrons. The molecule has 0 heterocycles. The van der Waals surface area contributed by atoms with Gasteiger partial charge in [0.1, 0.15) is 12.4 Å². The first kappa shape index (κ1) is 13.4. The highest BCUT2D eigenvalue weighted by molar-refractivity contribution is 7.90. The van der Waals surface area contributed by atoms with Crippen LogP contribution in [0.15, 0.2) is 18.2 Å². The van der Waals surface area contributed by atoms with Gasteiger partial charge in [0.15, 0.2) is 9.84 Å². The molecule has 1 atom stereocenters. The van der Waals surface area contributed by atoms with Crippen molar-refractivity contribution in [2.45, 2.75) is 25.4 Å². The van der Waals surface area contributed by atoms with Crippen LogP contribution in [-0.4, -0.2) is 32.1 Å². The molecule has 0 spiro atoms. The molecule has 0 saturated carbocycles.